The van der Waals surface area contributed by atoms with Gasteiger partial charge in [-0.25, -0.2) is 4.79 Å². The fourth-order valence-corrected chi connectivity index (χ4v) is 2.44. The molecule has 6 nitrogen and oxygen atoms in total. The normalized spacial score (nSPS) is 10.6. The highest BCUT2D eigenvalue weighted by atomic mass is 32.1. The first-order valence-corrected chi connectivity index (χ1v) is 8.22. The van der Waals surface area contributed by atoms with E-state index in [2.05, 4.69) is 10.6 Å². The van der Waals surface area contributed by atoms with Crippen LogP contribution in [0.1, 0.15) is 36.4 Å². The van der Waals surface area contributed by atoms with Crippen LogP contribution in [-0.2, 0) is 4.79 Å². The summed E-state index contributed by atoms with van der Waals surface area (Å²) in [7, 11) is 0. The van der Waals surface area contributed by atoms with E-state index >= 15 is 0 Å². The van der Waals surface area contributed by atoms with Gasteiger partial charge in [-0.2, -0.15) is 0 Å². The summed E-state index contributed by atoms with van der Waals surface area (Å²) in [5, 5.41) is 14.8. The van der Waals surface area contributed by atoms with Crippen LogP contribution in [0.5, 0.6) is 0 Å². The summed E-state index contributed by atoms with van der Waals surface area (Å²) in [5.41, 5.74) is 2.34. The Hall–Kier alpha value is -2.67. The van der Waals surface area contributed by atoms with E-state index in [0.29, 0.717) is 23.4 Å². The van der Waals surface area contributed by atoms with Crippen LogP contribution in [0.2, 0.25) is 0 Å². The second kappa shape index (κ2) is 7.94. The fourth-order valence-electron chi connectivity index (χ4n) is 2.22. The van der Waals surface area contributed by atoms with Gasteiger partial charge in [0.1, 0.15) is 5.76 Å². The Morgan fingerprint density at radius 1 is 1.24 bits per heavy atom. The number of benzene rings is 1. The van der Waals surface area contributed by atoms with Crippen LogP contribution in [0.15, 0.2) is 34.7 Å². The van der Waals surface area contributed by atoms with Crippen molar-refractivity contribution in [1.29, 1.82) is 0 Å². The van der Waals surface area contributed by atoms with Gasteiger partial charge in [0, 0.05) is 17.7 Å². The molecule has 2 aromatic rings. The van der Waals surface area contributed by atoms with Gasteiger partial charge in [0.15, 0.2) is 5.11 Å². The predicted octanol–water partition coefficient (Wildman–Crippen LogP) is 3.81. The van der Waals surface area contributed by atoms with Crippen LogP contribution in [0, 0.1) is 12.8 Å². The molecule has 0 fully saturated rings. The molecule has 0 bridgehead atoms. The van der Waals surface area contributed by atoms with Crippen LogP contribution in [-0.4, -0.2) is 22.1 Å². The molecular formula is C18H20N2O4S. The number of rotatable bonds is 5. The predicted molar refractivity (Wildman–Crippen MR) is 99.7 cm³/mol. The van der Waals surface area contributed by atoms with Crippen LogP contribution >= 0.6 is 12.2 Å². The van der Waals surface area contributed by atoms with E-state index in [9.17, 15) is 9.59 Å². The molecule has 0 radical (unpaired) electrons. The Labute approximate surface area is 151 Å². The molecule has 3 N–H and O–H groups in total. The van der Waals surface area contributed by atoms with E-state index in [-0.39, 0.29) is 22.7 Å². The zero-order valence-corrected chi connectivity index (χ0v) is 15.1. The Morgan fingerprint density at radius 2 is 1.96 bits per heavy atom. The quantitative estimate of drug-likeness (QED) is 0.702. The maximum absolute atomic E-state index is 11.8. The average Bonchev–Trinajstić information content (AvgIpc) is 2.98. The maximum Gasteiger partial charge on any atom is 0.371 e. The second-order valence-corrected chi connectivity index (χ2v) is 6.51. The Kier molecular flexibility index (Phi) is 5.93. The molecule has 0 unspecified atom stereocenters. The number of hydrogen-bond acceptors (Lipinski definition) is 4. The number of carboxylic acids is 1. The third-order valence-electron chi connectivity index (χ3n) is 3.43. The molecule has 0 atom stereocenters. The van der Waals surface area contributed by atoms with Crippen LogP contribution in [0.3, 0.4) is 0 Å². The van der Waals surface area contributed by atoms with Crippen molar-refractivity contribution < 1.29 is 19.1 Å². The molecule has 0 aliphatic rings. The van der Waals surface area contributed by atoms with Crippen LogP contribution < -0.4 is 10.6 Å². The third-order valence-corrected chi connectivity index (χ3v) is 3.64. The van der Waals surface area contributed by atoms with Gasteiger partial charge in [0.05, 0.1) is 0 Å². The minimum atomic E-state index is -1.12. The lowest BCUT2D eigenvalue weighted by Gasteiger charge is -2.13. The largest absolute Gasteiger partial charge is 0.475 e. The van der Waals surface area contributed by atoms with Gasteiger partial charge >= 0.3 is 5.97 Å². The molecular weight excluding hydrogens is 340 g/mol. The van der Waals surface area contributed by atoms with Crippen molar-refractivity contribution in [3.8, 4) is 11.3 Å². The lowest BCUT2D eigenvalue weighted by Crippen LogP contribution is -2.34. The molecule has 0 saturated heterocycles. The molecule has 1 amide bonds. The van der Waals surface area contributed by atoms with Gasteiger partial charge < -0.3 is 20.2 Å². The summed E-state index contributed by atoms with van der Waals surface area (Å²) in [4.78, 5) is 22.7. The summed E-state index contributed by atoms with van der Waals surface area (Å²) >= 11 is 5.18. The average molecular weight is 360 g/mol. The highest BCUT2D eigenvalue weighted by Crippen LogP contribution is 2.27. The molecule has 2 rings (SSSR count). The third kappa shape index (κ3) is 5.15. The van der Waals surface area contributed by atoms with Crippen molar-refractivity contribution >= 4 is 34.9 Å². The van der Waals surface area contributed by atoms with Crippen molar-refractivity contribution in [2.75, 3.05) is 5.32 Å². The van der Waals surface area contributed by atoms with Crippen molar-refractivity contribution in [2.24, 2.45) is 5.92 Å². The highest BCUT2D eigenvalue weighted by molar-refractivity contribution is 7.80. The number of carbonyl (C=O) groups is 2. The fraction of sp³-hybridized carbons (Fsp3) is 0.278. The number of hydrogen-bond donors (Lipinski definition) is 3. The van der Waals surface area contributed by atoms with Gasteiger partial charge in [-0.05, 0) is 48.8 Å². The summed E-state index contributed by atoms with van der Waals surface area (Å²) < 4.78 is 5.31. The number of aryl methyl sites for hydroxylation is 1. The van der Waals surface area contributed by atoms with Crippen molar-refractivity contribution in [3.05, 3.63) is 41.7 Å². The first-order chi connectivity index (χ1) is 11.8. The smallest absolute Gasteiger partial charge is 0.371 e. The van der Waals surface area contributed by atoms with Crippen LogP contribution in [0.25, 0.3) is 11.3 Å². The maximum atomic E-state index is 11.8. The van der Waals surface area contributed by atoms with E-state index in [1.165, 1.54) is 6.07 Å². The summed E-state index contributed by atoms with van der Waals surface area (Å²) in [6, 6.07) is 8.48. The molecule has 0 aliphatic heterocycles. The number of nitrogens with one attached hydrogen (secondary N) is 2. The van der Waals surface area contributed by atoms with Crippen LogP contribution in [0.4, 0.5) is 5.69 Å². The molecule has 132 valence electrons. The zero-order chi connectivity index (χ0) is 18.6. The topological polar surface area (TPSA) is 91.6 Å². The Balaban J connectivity index is 2.14. The van der Waals surface area contributed by atoms with E-state index in [1.54, 1.807) is 12.1 Å². The van der Waals surface area contributed by atoms with Gasteiger partial charge in [-0.1, -0.05) is 26.0 Å². The number of furan rings is 1. The number of anilines is 1. The van der Waals surface area contributed by atoms with Crippen molar-refractivity contribution in [1.82, 2.24) is 5.32 Å². The number of amides is 1. The molecule has 25 heavy (non-hydrogen) atoms. The zero-order valence-electron chi connectivity index (χ0n) is 14.3. The second-order valence-electron chi connectivity index (χ2n) is 6.10. The molecule has 0 aliphatic carbocycles. The van der Waals surface area contributed by atoms with Crippen molar-refractivity contribution in [2.45, 2.75) is 27.2 Å². The van der Waals surface area contributed by atoms with Gasteiger partial charge in [0.2, 0.25) is 11.7 Å². The molecule has 1 aromatic carbocycles. The summed E-state index contributed by atoms with van der Waals surface area (Å²) in [6.45, 7) is 5.81. The molecule has 1 aromatic heterocycles. The first-order valence-electron chi connectivity index (χ1n) is 7.81. The van der Waals surface area contributed by atoms with E-state index in [1.807, 2.05) is 32.9 Å². The van der Waals surface area contributed by atoms with E-state index < -0.39 is 5.97 Å². The lowest BCUT2D eigenvalue weighted by atomic mass is 10.1. The first kappa shape index (κ1) is 18.7. The summed E-state index contributed by atoms with van der Waals surface area (Å²) in [5.74, 6) is -0.698. The van der Waals surface area contributed by atoms with E-state index in [4.69, 9.17) is 21.7 Å². The molecule has 0 saturated carbocycles. The number of carbonyl (C=O) groups excluding carboxylic acids is 1. The summed E-state index contributed by atoms with van der Waals surface area (Å²) in [6.07, 6.45) is 0.394. The number of aromatic carboxylic acids is 1. The number of carboxylic acid groups (broad SMARTS) is 1. The minimum Gasteiger partial charge on any atom is -0.475 e. The Bertz CT molecular complexity index is 811. The Morgan fingerprint density at radius 3 is 2.56 bits per heavy atom. The highest BCUT2D eigenvalue weighted by Gasteiger charge is 2.12. The van der Waals surface area contributed by atoms with Gasteiger partial charge in [-0.3, -0.25) is 4.79 Å². The number of thiocarbonyl (C=S) groups is 1. The molecule has 7 heteroatoms. The molecule has 0 spiro atoms. The van der Waals surface area contributed by atoms with Gasteiger partial charge in [-0.15, -0.1) is 0 Å². The minimum absolute atomic E-state index is 0.124. The molecule has 1 heterocycles. The monoisotopic (exact) mass is 360 g/mol. The van der Waals surface area contributed by atoms with Gasteiger partial charge in [0.25, 0.3) is 0 Å². The van der Waals surface area contributed by atoms with Crippen molar-refractivity contribution in [3.63, 3.8) is 0 Å². The SMILES string of the molecule is Cc1ccc(-c2ccc(C(=O)O)o2)cc1NC(=S)NC(=O)CC(C)C. The lowest BCUT2D eigenvalue weighted by molar-refractivity contribution is -0.120. The van der Waals surface area contributed by atoms with E-state index in [0.717, 1.165) is 5.56 Å². The standard InChI is InChI=1S/C18H20N2O4S/c1-10(2)8-16(21)20-18(25)19-13-9-12(5-4-11(13)3)14-6-7-15(24-14)17(22)23/h4-7,9-10H,8H2,1-3H3,(H,22,23)(H2,19,20,21,25).